The van der Waals surface area contributed by atoms with Gasteiger partial charge in [-0.05, 0) is 18.1 Å². The molecule has 1 saturated heterocycles. The molecule has 1 aromatic rings. The number of methoxy groups -OCH3 is 2. The molecule has 1 aliphatic heterocycles. The molecule has 1 aliphatic carbocycles. The minimum atomic E-state index is 0.203. The summed E-state index contributed by atoms with van der Waals surface area (Å²) in [5.74, 6) is 1.61. The van der Waals surface area contributed by atoms with Crippen LogP contribution in [-0.2, 0) is 17.7 Å². The van der Waals surface area contributed by atoms with E-state index >= 15 is 0 Å². The molecular formula is C16H21NO4. The maximum Gasteiger partial charge on any atom is 0.165 e. The Bertz CT molecular complexity index is 550. The minimum Gasteiger partial charge on any atom is -0.493 e. The molecular weight excluding hydrogens is 270 g/mol. The fourth-order valence-electron chi connectivity index (χ4n) is 3.17. The van der Waals surface area contributed by atoms with Crippen LogP contribution in [0.25, 0.3) is 0 Å². The van der Waals surface area contributed by atoms with Gasteiger partial charge in [0, 0.05) is 37.2 Å². The molecule has 0 amide bonds. The lowest BCUT2D eigenvalue weighted by molar-refractivity contribution is 0.0337. The van der Waals surface area contributed by atoms with Crippen molar-refractivity contribution in [1.29, 1.82) is 0 Å². The molecule has 0 atom stereocenters. The zero-order chi connectivity index (χ0) is 14.8. The van der Waals surface area contributed by atoms with Crippen LogP contribution in [0, 0.1) is 0 Å². The first kappa shape index (κ1) is 14.4. The summed E-state index contributed by atoms with van der Waals surface area (Å²) >= 11 is 0. The smallest absolute Gasteiger partial charge is 0.165 e. The number of morpholine rings is 1. The number of ether oxygens (including phenoxy) is 3. The Morgan fingerprint density at radius 3 is 2.62 bits per heavy atom. The van der Waals surface area contributed by atoms with Gasteiger partial charge in [-0.2, -0.15) is 0 Å². The molecule has 5 heteroatoms. The van der Waals surface area contributed by atoms with Crippen LogP contribution < -0.4 is 9.47 Å². The first-order valence-corrected chi connectivity index (χ1v) is 7.34. The molecule has 21 heavy (non-hydrogen) atoms. The second kappa shape index (κ2) is 6.03. The van der Waals surface area contributed by atoms with Gasteiger partial charge in [0.25, 0.3) is 0 Å². The third-order valence-electron chi connectivity index (χ3n) is 4.27. The molecule has 2 aliphatic rings. The largest absolute Gasteiger partial charge is 0.493 e. The van der Waals surface area contributed by atoms with Gasteiger partial charge in [0.05, 0.1) is 27.4 Å². The quantitative estimate of drug-likeness (QED) is 0.844. The highest BCUT2D eigenvalue weighted by molar-refractivity contribution is 6.01. The predicted octanol–water partition coefficient (Wildman–Crippen LogP) is 1.66. The third-order valence-corrected chi connectivity index (χ3v) is 4.27. The van der Waals surface area contributed by atoms with Crippen LogP contribution in [-0.4, -0.2) is 51.2 Å². The molecule has 1 aromatic carbocycles. The molecule has 1 fully saturated rings. The number of Topliss-reactive ketones (excluding diaryl/α,β-unsaturated/α-hetero) is 1. The van der Waals surface area contributed by atoms with E-state index in [0.29, 0.717) is 12.2 Å². The SMILES string of the molecule is COc1cc2c(c(CN3CCOCC3)c1OC)CCC2=O. The summed E-state index contributed by atoms with van der Waals surface area (Å²) in [7, 11) is 3.27. The number of hydrogen-bond acceptors (Lipinski definition) is 5. The highest BCUT2D eigenvalue weighted by Gasteiger charge is 2.28. The number of nitrogens with zero attached hydrogens (tertiary/aromatic N) is 1. The summed E-state index contributed by atoms with van der Waals surface area (Å²) in [6.45, 7) is 4.10. The summed E-state index contributed by atoms with van der Waals surface area (Å²) < 4.78 is 16.4. The van der Waals surface area contributed by atoms with Crippen LogP contribution >= 0.6 is 0 Å². The monoisotopic (exact) mass is 291 g/mol. The summed E-state index contributed by atoms with van der Waals surface area (Å²) in [6.07, 6.45) is 1.38. The summed E-state index contributed by atoms with van der Waals surface area (Å²) in [5, 5.41) is 0. The van der Waals surface area contributed by atoms with Gasteiger partial charge in [0.1, 0.15) is 0 Å². The molecule has 1 heterocycles. The van der Waals surface area contributed by atoms with E-state index in [-0.39, 0.29) is 5.78 Å². The predicted molar refractivity (Wildman–Crippen MR) is 78.3 cm³/mol. The van der Waals surface area contributed by atoms with Crippen molar-refractivity contribution in [3.05, 3.63) is 22.8 Å². The van der Waals surface area contributed by atoms with Crippen LogP contribution in [0.3, 0.4) is 0 Å². The van der Waals surface area contributed by atoms with Gasteiger partial charge < -0.3 is 14.2 Å². The van der Waals surface area contributed by atoms with E-state index in [1.165, 1.54) is 0 Å². The molecule has 0 spiro atoms. The van der Waals surface area contributed by atoms with E-state index in [0.717, 1.165) is 61.7 Å². The van der Waals surface area contributed by atoms with Crippen molar-refractivity contribution in [3.8, 4) is 11.5 Å². The summed E-state index contributed by atoms with van der Waals surface area (Å²) in [4.78, 5) is 14.4. The Kier molecular flexibility index (Phi) is 4.12. The fraction of sp³-hybridized carbons (Fsp3) is 0.562. The van der Waals surface area contributed by atoms with Crippen molar-refractivity contribution in [3.63, 3.8) is 0 Å². The number of benzene rings is 1. The summed E-state index contributed by atoms with van der Waals surface area (Å²) in [5.41, 5.74) is 3.03. The standard InChI is InChI=1S/C16H21NO4/c1-19-15-9-12-11(3-4-14(12)18)13(16(15)20-2)10-17-5-7-21-8-6-17/h9H,3-8,10H2,1-2H3. The number of ketones is 1. The molecule has 0 N–H and O–H groups in total. The van der Waals surface area contributed by atoms with Gasteiger partial charge >= 0.3 is 0 Å². The molecule has 0 radical (unpaired) electrons. The van der Waals surface area contributed by atoms with E-state index in [4.69, 9.17) is 14.2 Å². The Morgan fingerprint density at radius 2 is 1.95 bits per heavy atom. The van der Waals surface area contributed by atoms with Gasteiger partial charge in [0.15, 0.2) is 17.3 Å². The number of rotatable bonds is 4. The lowest BCUT2D eigenvalue weighted by Gasteiger charge is -2.28. The topological polar surface area (TPSA) is 48.0 Å². The maximum absolute atomic E-state index is 12.0. The molecule has 0 bridgehead atoms. The van der Waals surface area contributed by atoms with E-state index in [1.807, 2.05) is 6.07 Å². The van der Waals surface area contributed by atoms with Crippen molar-refractivity contribution < 1.29 is 19.0 Å². The van der Waals surface area contributed by atoms with Gasteiger partial charge in [-0.25, -0.2) is 0 Å². The van der Waals surface area contributed by atoms with E-state index < -0.39 is 0 Å². The second-order valence-electron chi connectivity index (χ2n) is 5.43. The maximum atomic E-state index is 12.0. The average Bonchev–Trinajstić information content (AvgIpc) is 2.89. The van der Waals surface area contributed by atoms with Crippen LogP contribution in [0.1, 0.15) is 27.9 Å². The lowest BCUT2D eigenvalue weighted by atomic mass is 10.00. The van der Waals surface area contributed by atoms with Gasteiger partial charge in [-0.15, -0.1) is 0 Å². The first-order chi connectivity index (χ1) is 10.2. The highest BCUT2D eigenvalue weighted by atomic mass is 16.5. The average molecular weight is 291 g/mol. The van der Waals surface area contributed by atoms with Crippen molar-refractivity contribution >= 4 is 5.78 Å². The number of carbonyl (C=O) groups is 1. The van der Waals surface area contributed by atoms with E-state index in [2.05, 4.69) is 4.90 Å². The molecule has 0 aromatic heterocycles. The van der Waals surface area contributed by atoms with Gasteiger partial charge in [0.2, 0.25) is 0 Å². The van der Waals surface area contributed by atoms with Gasteiger partial charge in [-0.1, -0.05) is 0 Å². The zero-order valence-corrected chi connectivity index (χ0v) is 12.6. The van der Waals surface area contributed by atoms with Crippen LogP contribution in [0.4, 0.5) is 0 Å². The van der Waals surface area contributed by atoms with E-state index in [1.54, 1.807) is 14.2 Å². The van der Waals surface area contributed by atoms with E-state index in [9.17, 15) is 4.79 Å². The Morgan fingerprint density at radius 1 is 1.19 bits per heavy atom. The van der Waals surface area contributed by atoms with Crippen LogP contribution in [0.15, 0.2) is 6.07 Å². The Hall–Kier alpha value is -1.59. The van der Waals surface area contributed by atoms with Crippen molar-refractivity contribution in [2.24, 2.45) is 0 Å². The summed E-state index contributed by atoms with van der Waals surface area (Å²) in [6, 6.07) is 1.83. The second-order valence-corrected chi connectivity index (χ2v) is 5.43. The Balaban J connectivity index is 2.01. The van der Waals surface area contributed by atoms with Gasteiger partial charge in [-0.3, -0.25) is 9.69 Å². The van der Waals surface area contributed by atoms with Crippen LogP contribution in [0.5, 0.6) is 11.5 Å². The minimum absolute atomic E-state index is 0.203. The molecule has 0 saturated carbocycles. The van der Waals surface area contributed by atoms with Crippen molar-refractivity contribution in [2.75, 3.05) is 40.5 Å². The molecule has 5 nitrogen and oxygen atoms in total. The van der Waals surface area contributed by atoms with Crippen molar-refractivity contribution in [1.82, 2.24) is 4.90 Å². The Labute approximate surface area is 124 Å². The van der Waals surface area contributed by atoms with Crippen molar-refractivity contribution in [2.45, 2.75) is 19.4 Å². The normalized spacial score (nSPS) is 18.7. The fourth-order valence-corrected chi connectivity index (χ4v) is 3.17. The number of carbonyl (C=O) groups excluding carboxylic acids is 1. The molecule has 0 unspecified atom stereocenters. The third kappa shape index (κ3) is 2.63. The zero-order valence-electron chi connectivity index (χ0n) is 12.6. The number of fused-ring (bicyclic) bond motifs is 1. The molecule has 114 valence electrons. The first-order valence-electron chi connectivity index (χ1n) is 7.34. The highest BCUT2D eigenvalue weighted by Crippen LogP contribution is 2.40. The number of hydrogen-bond donors (Lipinski definition) is 0. The van der Waals surface area contributed by atoms with Crippen LogP contribution in [0.2, 0.25) is 0 Å². The lowest BCUT2D eigenvalue weighted by Crippen LogP contribution is -2.36. The molecule has 3 rings (SSSR count).